The molecule has 1 amide bonds. The molecule has 0 saturated heterocycles. The van der Waals surface area contributed by atoms with Gasteiger partial charge in [-0.3, -0.25) is 14.6 Å². The maximum atomic E-state index is 13.3. The molecule has 32 heavy (non-hydrogen) atoms. The first-order valence-corrected chi connectivity index (χ1v) is 10.7. The van der Waals surface area contributed by atoms with Crippen LogP contribution in [0.2, 0.25) is 0 Å². The van der Waals surface area contributed by atoms with E-state index < -0.39 is 5.41 Å². The summed E-state index contributed by atoms with van der Waals surface area (Å²) < 4.78 is 10.9. The van der Waals surface area contributed by atoms with Crippen molar-refractivity contribution in [2.24, 2.45) is 0 Å². The number of Topliss-reactive ketones (excluding diaryl/α,β-unsaturated/α-hetero) is 1. The van der Waals surface area contributed by atoms with Gasteiger partial charge >= 0.3 is 0 Å². The maximum absolute atomic E-state index is 13.3. The van der Waals surface area contributed by atoms with Gasteiger partial charge in [-0.1, -0.05) is 18.2 Å². The molecule has 6 nitrogen and oxygen atoms in total. The molecule has 2 heterocycles. The summed E-state index contributed by atoms with van der Waals surface area (Å²) in [5.41, 5.74) is 4.86. The zero-order valence-corrected chi connectivity index (χ0v) is 18.1. The molecule has 6 heteroatoms. The monoisotopic (exact) mass is 430 g/mol. The van der Waals surface area contributed by atoms with Gasteiger partial charge in [0.25, 0.3) is 5.91 Å². The highest BCUT2D eigenvalue weighted by Crippen LogP contribution is 2.51. The predicted octanol–water partition coefficient (Wildman–Crippen LogP) is 4.23. The van der Waals surface area contributed by atoms with Crippen LogP contribution in [0.25, 0.3) is 11.1 Å². The summed E-state index contributed by atoms with van der Waals surface area (Å²) >= 11 is 0. The average molecular weight is 431 g/mol. The van der Waals surface area contributed by atoms with E-state index in [4.69, 9.17) is 9.47 Å². The van der Waals surface area contributed by atoms with Crippen LogP contribution >= 0.6 is 0 Å². The van der Waals surface area contributed by atoms with E-state index >= 15 is 0 Å². The van der Waals surface area contributed by atoms with Crippen molar-refractivity contribution >= 4 is 11.7 Å². The van der Waals surface area contributed by atoms with E-state index in [1.165, 1.54) is 0 Å². The zero-order valence-electron chi connectivity index (χ0n) is 18.1. The highest BCUT2D eigenvalue weighted by Gasteiger charge is 2.50. The molecule has 1 N–H and O–H groups in total. The lowest BCUT2D eigenvalue weighted by molar-refractivity contribution is -0.120. The second kappa shape index (κ2) is 7.79. The number of benzene rings is 2. The lowest BCUT2D eigenvalue weighted by atomic mass is 9.87. The van der Waals surface area contributed by atoms with Crippen LogP contribution in [0.4, 0.5) is 0 Å². The summed E-state index contributed by atoms with van der Waals surface area (Å²) in [5.74, 6) is 1.51. The summed E-state index contributed by atoms with van der Waals surface area (Å²) in [6.45, 7) is 2.17. The Morgan fingerprint density at radius 1 is 1.06 bits per heavy atom. The summed E-state index contributed by atoms with van der Waals surface area (Å²) in [6.07, 6.45) is 3.80. The van der Waals surface area contributed by atoms with Crippen molar-refractivity contribution in [2.45, 2.75) is 31.6 Å². The molecular weight excluding hydrogens is 404 g/mol. The summed E-state index contributed by atoms with van der Waals surface area (Å²) in [4.78, 5) is 29.7. The Morgan fingerprint density at radius 3 is 2.53 bits per heavy atom. The van der Waals surface area contributed by atoms with Gasteiger partial charge in [0.15, 0.2) is 11.5 Å². The topological polar surface area (TPSA) is 77.5 Å². The fraction of sp³-hybridized carbons (Fsp3) is 0.269. The number of carbonyl (C=O) groups is 2. The van der Waals surface area contributed by atoms with Gasteiger partial charge in [0, 0.05) is 37.9 Å². The van der Waals surface area contributed by atoms with Crippen LogP contribution in [-0.2, 0) is 16.6 Å². The number of carbonyl (C=O) groups excluding carboxylic acids is 2. The first-order chi connectivity index (χ1) is 15.5. The largest absolute Gasteiger partial charge is 0.454 e. The van der Waals surface area contributed by atoms with Crippen molar-refractivity contribution in [3.63, 3.8) is 0 Å². The molecular formula is C26H26N2O4. The number of aryl methyl sites for hydroxylation is 1. The van der Waals surface area contributed by atoms with Crippen molar-refractivity contribution < 1.29 is 20.5 Å². The lowest BCUT2D eigenvalue weighted by Gasteiger charge is -2.16. The smallest absolute Gasteiger partial charge is 0.251 e. The van der Waals surface area contributed by atoms with Crippen LogP contribution in [0.15, 0.2) is 54.7 Å². The third kappa shape index (κ3) is 3.51. The minimum Gasteiger partial charge on any atom is -0.454 e. The molecule has 3 aromatic rings. The Labute approximate surface area is 188 Å². The molecule has 0 unspecified atom stereocenters. The molecule has 1 fully saturated rings. The van der Waals surface area contributed by atoms with Crippen LogP contribution in [-0.4, -0.2) is 30.5 Å². The Balaban J connectivity index is 0.00000259. The lowest BCUT2D eigenvalue weighted by Crippen LogP contribution is -2.22. The van der Waals surface area contributed by atoms with Gasteiger partial charge < -0.3 is 14.8 Å². The van der Waals surface area contributed by atoms with Crippen LogP contribution < -0.4 is 14.8 Å². The molecule has 164 valence electrons. The first-order valence-electron chi connectivity index (χ1n) is 10.7. The number of nitrogens with one attached hydrogen (secondary N) is 1. The molecule has 5 rings (SSSR count). The number of ether oxygens (including phenoxy) is 2. The number of nitrogens with zero attached hydrogens (tertiary/aromatic N) is 1. The number of fused-ring (bicyclic) bond motifs is 1. The minimum atomic E-state index is -0.443. The van der Waals surface area contributed by atoms with Gasteiger partial charge in [0.2, 0.25) is 6.79 Å². The van der Waals surface area contributed by atoms with Gasteiger partial charge in [-0.2, -0.15) is 0 Å². The zero-order chi connectivity index (χ0) is 22.3. The fourth-order valence-corrected chi connectivity index (χ4v) is 4.31. The molecule has 1 saturated carbocycles. The van der Waals surface area contributed by atoms with Crippen LogP contribution in [0, 0.1) is 6.92 Å². The van der Waals surface area contributed by atoms with E-state index in [-0.39, 0.29) is 19.9 Å². The third-order valence-electron chi connectivity index (χ3n) is 6.40. The summed E-state index contributed by atoms with van der Waals surface area (Å²) in [7, 11) is 1.61. The van der Waals surface area contributed by atoms with E-state index in [0.29, 0.717) is 17.7 Å². The second-order valence-electron chi connectivity index (χ2n) is 8.38. The third-order valence-corrected chi connectivity index (χ3v) is 6.40. The van der Waals surface area contributed by atoms with E-state index in [0.717, 1.165) is 46.5 Å². The molecule has 0 atom stereocenters. The molecule has 0 bridgehead atoms. The summed E-state index contributed by atoms with van der Waals surface area (Å²) in [6, 6.07) is 15.3. The van der Waals surface area contributed by atoms with Crippen molar-refractivity contribution in [3.8, 4) is 22.6 Å². The molecule has 1 aromatic heterocycles. The van der Waals surface area contributed by atoms with Gasteiger partial charge in [-0.15, -0.1) is 0 Å². The molecule has 2 aliphatic rings. The molecule has 0 radical (unpaired) electrons. The number of ketones is 1. The van der Waals surface area contributed by atoms with Crippen LogP contribution in [0.1, 0.15) is 41.4 Å². The van der Waals surface area contributed by atoms with E-state index in [9.17, 15) is 9.59 Å². The number of rotatable bonds is 6. The Kier molecular flexibility index (Phi) is 4.93. The normalized spacial score (nSPS) is 15.3. The fourth-order valence-electron chi connectivity index (χ4n) is 4.31. The average Bonchev–Trinajstić information content (AvgIpc) is 3.50. The molecule has 1 aliphatic carbocycles. The van der Waals surface area contributed by atoms with Gasteiger partial charge in [-0.25, -0.2) is 0 Å². The Hall–Kier alpha value is -3.67. The van der Waals surface area contributed by atoms with E-state index in [1.54, 1.807) is 25.4 Å². The Bertz CT molecular complexity index is 1220. The number of aromatic nitrogens is 1. The second-order valence-corrected chi connectivity index (χ2v) is 8.38. The van der Waals surface area contributed by atoms with Crippen LogP contribution in [0.3, 0.4) is 0 Å². The first kappa shape index (κ1) is 20.2. The van der Waals surface area contributed by atoms with Crippen molar-refractivity contribution in [1.29, 1.82) is 0 Å². The molecule has 0 spiro atoms. The number of hydrogen-bond acceptors (Lipinski definition) is 5. The van der Waals surface area contributed by atoms with Crippen LogP contribution in [0.5, 0.6) is 11.5 Å². The highest BCUT2D eigenvalue weighted by molar-refractivity contribution is 5.95. The Morgan fingerprint density at radius 2 is 1.81 bits per heavy atom. The molecule has 2 aromatic carbocycles. The highest BCUT2D eigenvalue weighted by atomic mass is 16.7. The maximum Gasteiger partial charge on any atom is 0.251 e. The number of pyridine rings is 1. The number of hydrogen-bond donors (Lipinski definition) is 1. The molecule has 1 aliphatic heterocycles. The SMILES string of the molecule is CNC(=O)c1ccc(-c2cc(CC(=O)C3(c4ccc5c(c4)OCO5)CC3)cnc2C)cc1.[HH]. The minimum absolute atomic E-state index is 0. The van der Waals surface area contributed by atoms with Crippen molar-refractivity contribution in [1.82, 2.24) is 10.3 Å². The van der Waals surface area contributed by atoms with Crippen molar-refractivity contribution in [3.05, 3.63) is 77.1 Å². The van der Waals surface area contributed by atoms with Gasteiger partial charge in [0.05, 0.1) is 5.41 Å². The number of amides is 1. The predicted molar refractivity (Wildman–Crippen MR) is 122 cm³/mol. The van der Waals surface area contributed by atoms with Gasteiger partial charge in [0.1, 0.15) is 5.78 Å². The van der Waals surface area contributed by atoms with E-state index in [2.05, 4.69) is 10.3 Å². The summed E-state index contributed by atoms with van der Waals surface area (Å²) in [5, 5.41) is 2.63. The van der Waals surface area contributed by atoms with Gasteiger partial charge in [-0.05, 0) is 66.8 Å². The van der Waals surface area contributed by atoms with E-state index in [1.807, 2.05) is 43.3 Å². The standard InChI is InChI=1S/C26H24N2O4.H2/c1-16-21(18-3-5-19(6-4-18)25(30)27-2)11-17(14-28-16)12-24(29)26(9-10-26)20-7-8-22-23(13-20)32-15-31-22;/h3-8,11,13-14H,9-10,12,15H2,1-2H3,(H,27,30);1H. The quantitative estimate of drug-likeness (QED) is 0.633. The van der Waals surface area contributed by atoms with Crippen molar-refractivity contribution in [2.75, 3.05) is 13.8 Å².